The molecule has 0 bridgehead atoms. The van der Waals surface area contributed by atoms with E-state index in [0.717, 1.165) is 64.2 Å². The molecule has 0 aliphatic rings. The van der Waals surface area contributed by atoms with Crippen molar-refractivity contribution in [1.29, 1.82) is 0 Å². The summed E-state index contributed by atoms with van der Waals surface area (Å²) in [4.78, 5) is 35.7. The van der Waals surface area contributed by atoms with E-state index in [1.54, 1.807) is 0 Å². The van der Waals surface area contributed by atoms with Crippen LogP contribution < -0.4 is 0 Å². The third kappa shape index (κ3) is 58.8. The molecule has 0 radical (unpaired) electrons. The van der Waals surface area contributed by atoms with Gasteiger partial charge in [0.25, 0.3) is 0 Å². The van der Waals surface area contributed by atoms with Gasteiger partial charge in [-0.15, -0.1) is 0 Å². The first kappa shape index (κ1) is 70.7. The van der Waals surface area contributed by atoms with Gasteiger partial charge in [0.05, 0.1) is 27.7 Å². The van der Waals surface area contributed by atoms with Gasteiger partial charge in [-0.05, 0) is 57.8 Å². The van der Waals surface area contributed by atoms with Gasteiger partial charge in [0.2, 0.25) is 0 Å². The van der Waals surface area contributed by atoms with Crippen molar-refractivity contribution in [2.45, 2.75) is 283 Å². The lowest BCUT2D eigenvalue weighted by Crippen LogP contribution is -2.37. The number of carbonyl (C=O) groups excluding carboxylic acids is 2. The highest BCUT2D eigenvalue weighted by molar-refractivity contribution is 7.47. The number of phosphoric acid groups is 1. The van der Waals surface area contributed by atoms with Gasteiger partial charge in [-0.1, -0.05) is 267 Å². The van der Waals surface area contributed by atoms with E-state index in [-0.39, 0.29) is 25.6 Å². The SMILES string of the molecule is CC/C=C\C/C=C\C/C=C\C/C=C\C/C=C\CCCCCCCCCCCCCCCCCC(=O)OC(COC(=O)CCCCCCCCCCCCCCCCCCCC)COP(=O)(O)OCC[N+](C)(C)C. The van der Waals surface area contributed by atoms with E-state index < -0.39 is 26.5 Å². The van der Waals surface area contributed by atoms with Crippen molar-refractivity contribution in [2.75, 3.05) is 47.5 Å². The summed E-state index contributed by atoms with van der Waals surface area (Å²) < 4.78 is 34.6. The Morgan fingerprint density at radius 1 is 0.438 bits per heavy atom. The second-order valence-corrected chi connectivity index (χ2v) is 23.2. The fourth-order valence-corrected chi connectivity index (χ4v) is 9.37. The van der Waals surface area contributed by atoms with Gasteiger partial charge in [0.1, 0.15) is 19.8 Å². The number of hydrogen-bond donors (Lipinski definition) is 1. The Bertz CT molecular complexity index is 1420. The zero-order chi connectivity index (χ0) is 53.5. The number of quaternary nitrogens is 1. The maximum atomic E-state index is 12.8. The van der Waals surface area contributed by atoms with Crippen LogP contribution in [0.5, 0.6) is 0 Å². The zero-order valence-corrected chi connectivity index (χ0v) is 49.3. The number of allylic oxidation sites excluding steroid dienone is 10. The van der Waals surface area contributed by atoms with Crippen molar-refractivity contribution in [3.05, 3.63) is 60.8 Å². The number of carbonyl (C=O) groups is 2. The summed E-state index contributed by atoms with van der Waals surface area (Å²) in [6.07, 6.45) is 70.1. The number of rotatable bonds is 56. The Morgan fingerprint density at radius 3 is 1.16 bits per heavy atom. The summed E-state index contributed by atoms with van der Waals surface area (Å²) in [7, 11) is 1.49. The molecule has 0 heterocycles. The van der Waals surface area contributed by atoms with Gasteiger partial charge in [0, 0.05) is 12.8 Å². The molecule has 426 valence electrons. The van der Waals surface area contributed by atoms with Gasteiger partial charge in [-0.2, -0.15) is 0 Å². The van der Waals surface area contributed by atoms with E-state index in [2.05, 4.69) is 74.6 Å². The lowest BCUT2D eigenvalue weighted by atomic mass is 10.0. The highest BCUT2D eigenvalue weighted by Crippen LogP contribution is 2.43. The lowest BCUT2D eigenvalue weighted by molar-refractivity contribution is -0.870. The van der Waals surface area contributed by atoms with E-state index >= 15 is 0 Å². The van der Waals surface area contributed by atoms with Crippen molar-refractivity contribution in [3.8, 4) is 0 Å². The van der Waals surface area contributed by atoms with Crippen LogP contribution in [-0.2, 0) is 32.7 Å². The number of nitrogens with zero attached hydrogens (tertiary/aromatic N) is 1. The molecule has 2 unspecified atom stereocenters. The minimum absolute atomic E-state index is 0.0325. The predicted octanol–water partition coefficient (Wildman–Crippen LogP) is 19.1. The number of likely N-dealkylation sites (N-methyl/N-ethyl adjacent to an activating group) is 1. The summed E-state index contributed by atoms with van der Waals surface area (Å²) in [5.74, 6) is -0.785. The Balaban J connectivity index is 4.08. The van der Waals surface area contributed by atoms with Gasteiger partial charge >= 0.3 is 19.8 Å². The van der Waals surface area contributed by atoms with Crippen molar-refractivity contribution >= 4 is 19.8 Å². The number of esters is 2. The molecular weight excluding hydrogens is 930 g/mol. The number of unbranched alkanes of at least 4 members (excludes halogenated alkanes) is 32. The predicted molar refractivity (Wildman–Crippen MR) is 312 cm³/mol. The molecule has 0 aromatic carbocycles. The van der Waals surface area contributed by atoms with Crippen LogP contribution in [0.4, 0.5) is 0 Å². The molecule has 10 heteroatoms. The van der Waals surface area contributed by atoms with Gasteiger partial charge in [-0.25, -0.2) is 4.57 Å². The van der Waals surface area contributed by atoms with E-state index in [1.807, 2.05) is 21.1 Å². The van der Waals surface area contributed by atoms with E-state index in [1.165, 1.54) is 180 Å². The molecule has 0 amide bonds. The summed E-state index contributed by atoms with van der Waals surface area (Å²) in [6.45, 7) is 4.36. The van der Waals surface area contributed by atoms with Crippen molar-refractivity contribution in [2.24, 2.45) is 0 Å². The molecular formula is C63H117NO8P+. The minimum atomic E-state index is -4.38. The van der Waals surface area contributed by atoms with Gasteiger partial charge in [0.15, 0.2) is 6.10 Å². The van der Waals surface area contributed by atoms with Crippen LogP contribution in [0.15, 0.2) is 60.8 Å². The largest absolute Gasteiger partial charge is 0.472 e. The van der Waals surface area contributed by atoms with Crippen LogP contribution in [0.2, 0.25) is 0 Å². The molecule has 0 aliphatic carbocycles. The maximum absolute atomic E-state index is 12.8. The molecule has 73 heavy (non-hydrogen) atoms. The van der Waals surface area contributed by atoms with E-state index in [4.69, 9.17) is 18.5 Å². The molecule has 0 aromatic heterocycles. The first-order valence-electron chi connectivity index (χ1n) is 30.5. The maximum Gasteiger partial charge on any atom is 0.472 e. The second kappa shape index (κ2) is 54.5. The van der Waals surface area contributed by atoms with Crippen molar-refractivity contribution < 1.29 is 42.1 Å². The number of phosphoric ester groups is 1. The first-order valence-corrected chi connectivity index (χ1v) is 32.0. The first-order chi connectivity index (χ1) is 35.5. The van der Waals surface area contributed by atoms with Gasteiger partial charge in [-0.3, -0.25) is 18.6 Å². The van der Waals surface area contributed by atoms with E-state index in [0.29, 0.717) is 23.9 Å². The molecule has 9 nitrogen and oxygen atoms in total. The Hall–Kier alpha value is -2.29. The molecule has 0 aliphatic heterocycles. The molecule has 0 saturated heterocycles. The molecule has 0 saturated carbocycles. The fourth-order valence-electron chi connectivity index (χ4n) is 8.63. The van der Waals surface area contributed by atoms with Crippen molar-refractivity contribution in [3.63, 3.8) is 0 Å². The summed E-state index contributed by atoms with van der Waals surface area (Å²) in [6, 6.07) is 0. The van der Waals surface area contributed by atoms with Crippen LogP contribution in [-0.4, -0.2) is 74.9 Å². The Kier molecular flexibility index (Phi) is 52.8. The number of hydrogen-bond acceptors (Lipinski definition) is 7. The molecule has 2 atom stereocenters. The van der Waals surface area contributed by atoms with Crippen LogP contribution in [0, 0.1) is 0 Å². The molecule has 0 aromatic rings. The smallest absolute Gasteiger partial charge is 0.462 e. The van der Waals surface area contributed by atoms with Crippen LogP contribution in [0.25, 0.3) is 0 Å². The third-order valence-corrected chi connectivity index (χ3v) is 14.3. The lowest BCUT2D eigenvalue weighted by Gasteiger charge is -2.24. The van der Waals surface area contributed by atoms with E-state index in [9.17, 15) is 19.0 Å². The highest BCUT2D eigenvalue weighted by Gasteiger charge is 2.27. The van der Waals surface area contributed by atoms with Crippen LogP contribution in [0.1, 0.15) is 277 Å². The summed E-state index contributed by atoms with van der Waals surface area (Å²) in [5.41, 5.74) is 0. The monoisotopic (exact) mass is 1050 g/mol. The second-order valence-electron chi connectivity index (χ2n) is 21.7. The third-order valence-electron chi connectivity index (χ3n) is 13.3. The topological polar surface area (TPSA) is 108 Å². The average molecular weight is 1050 g/mol. The average Bonchev–Trinajstić information content (AvgIpc) is 3.35. The Labute approximate surface area is 451 Å². The summed E-state index contributed by atoms with van der Waals surface area (Å²) in [5, 5.41) is 0. The normalized spacial score (nSPS) is 13.7. The molecule has 1 N–H and O–H groups in total. The number of ether oxygens (including phenoxy) is 2. The fraction of sp³-hybridized carbons (Fsp3) is 0.810. The highest BCUT2D eigenvalue weighted by atomic mass is 31.2. The van der Waals surface area contributed by atoms with Crippen LogP contribution in [0.3, 0.4) is 0 Å². The minimum Gasteiger partial charge on any atom is -0.462 e. The standard InChI is InChI=1S/C63H116NO8P/c1-6-8-10-12-14-16-18-20-22-24-26-27-28-29-30-31-32-33-34-35-36-37-38-40-42-44-46-48-50-52-54-56-63(66)72-61(60-71-73(67,68)70-58-57-64(3,4)5)59-69-62(65)55-53-51-49-47-45-43-41-39-25-23-21-19-17-15-13-11-9-7-2/h8,10,14,16,20,22,26-27,29-30,61H,6-7,9,11-13,15,17-19,21,23-25,28,31-60H2,1-5H3/p+1/b10-8-,16-14-,22-20-,27-26-,30-29-. The van der Waals surface area contributed by atoms with Crippen LogP contribution >= 0.6 is 7.82 Å². The van der Waals surface area contributed by atoms with Gasteiger partial charge < -0.3 is 18.9 Å². The summed E-state index contributed by atoms with van der Waals surface area (Å²) >= 11 is 0. The zero-order valence-electron chi connectivity index (χ0n) is 48.4. The molecule has 0 spiro atoms. The molecule has 0 rings (SSSR count). The van der Waals surface area contributed by atoms with Crippen molar-refractivity contribution in [1.82, 2.24) is 0 Å². The molecule has 0 fully saturated rings. The quantitative estimate of drug-likeness (QED) is 0.0211. The Morgan fingerprint density at radius 2 is 0.781 bits per heavy atom.